The van der Waals surface area contributed by atoms with Gasteiger partial charge in [-0.25, -0.2) is 4.98 Å². The fourth-order valence-corrected chi connectivity index (χ4v) is 4.58. The number of nitrogens with one attached hydrogen (secondary N) is 2. The van der Waals surface area contributed by atoms with Crippen molar-refractivity contribution in [3.8, 4) is 23.1 Å². The van der Waals surface area contributed by atoms with Gasteiger partial charge in [0.15, 0.2) is 17.3 Å². The van der Waals surface area contributed by atoms with Crippen molar-refractivity contribution >= 4 is 33.1 Å². The number of nitrogens with zero attached hydrogens (tertiary/aromatic N) is 3. The van der Waals surface area contributed by atoms with Crippen molar-refractivity contribution in [1.29, 1.82) is 0 Å². The molecule has 1 aromatic heterocycles. The molecule has 36 heavy (non-hydrogen) atoms. The molecule has 3 aromatic rings. The van der Waals surface area contributed by atoms with E-state index in [0.29, 0.717) is 54.4 Å². The van der Waals surface area contributed by atoms with E-state index in [1.807, 2.05) is 43.3 Å². The Kier molecular flexibility index (Phi) is 8.04. The number of hydrogen-bond donors (Lipinski definition) is 2. The highest BCUT2D eigenvalue weighted by Crippen LogP contribution is 2.42. The molecule has 0 amide bonds. The lowest BCUT2D eigenvalue weighted by Crippen LogP contribution is -2.37. The van der Waals surface area contributed by atoms with Crippen LogP contribution in [0.25, 0.3) is 0 Å². The Morgan fingerprint density at radius 1 is 1.11 bits per heavy atom. The van der Waals surface area contributed by atoms with E-state index >= 15 is 0 Å². The molecule has 10 heteroatoms. The van der Waals surface area contributed by atoms with Crippen molar-refractivity contribution in [3.05, 3.63) is 52.8 Å². The SMILES string of the molecule is CCOc1cc2c(cc1OCCCN1CCOCC1)CNc1c(Nc3cccc(Br)c3)ncnc1O2. The maximum atomic E-state index is 6.23. The Morgan fingerprint density at radius 2 is 1.97 bits per heavy atom. The van der Waals surface area contributed by atoms with Gasteiger partial charge in [0.1, 0.15) is 17.8 Å². The van der Waals surface area contributed by atoms with Gasteiger partial charge in [-0.2, -0.15) is 4.98 Å². The lowest BCUT2D eigenvalue weighted by atomic mass is 10.1. The van der Waals surface area contributed by atoms with E-state index in [1.54, 1.807) is 0 Å². The zero-order chi connectivity index (χ0) is 24.7. The molecule has 1 saturated heterocycles. The van der Waals surface area contributed by atoms with Crippen LogP contribution in [-0.2, 0) is 11.3 Å². The Balaban J connectivity index is 1.31. The summed E-state index contributed by atoms with van der Waals surface area (Å²) in [4.78, 5) is 11.2. The van der Waals surface area contributed by atoms with Crippen LogP contribution in [0.15, 0.2) is 47.2 Å². The quantitative estimate of drug-likeness (QED) is 0.345. The van der Waals surface area contributed by atoms with Gasteiger partial charge in [0.05, 0.1) is 26.4 Å². The van der Waals surface area contributed by atoms with Gasteiger partial charge >= 0.3 is 0 Å². The number of fused-ring (bicyclic) bond motifs is 2. The number of anilines is 3. The molecule has 0 aliphatic carbocycles. The van der Waals surface area contributed by atoms with Gasteiger partial charge < -0.3 is 29.6 Å². The third-order valence-corrected chi connectivity index (χ3v) is 6.46. The van der Waals surface area contributed by atoms with E-state index in [4.69, 9.17) is 18.9 Å². The monoisotopic (exact) mass is 555 g/mol. The molecule has 2 N–H and O–H groups in total. The smallest absolute Gasteiger partial charge is 0.248 e. The van der Waals surface area contributed by atoms with Crippen molar-refractivity contribution in [2.75, 3.05) is 56.7 Å². The number of halogens is 1. The van der Waals surface area contributed by atoms with Gasteiger partial charge in [-0.05, 0) is 37.6 Å². The van der Waals surface area contributed by atoms with Gasteiger partial charge in [0.25, 0.3) is 0 Å². The van der Waals surface area contributed by atoms with Gasteiger partial charge in [0, 0.05) is 48.0 Å². The second-order valence-corrected chi connectivity index (χ2v) is 9.40. The highest BCUT2D eigenvalue weighted by atomic mass is 79.9. The molecule has 2 aliphatic rings. The lowest BCUT2D eigenvalue weighted by Gasteiger charge is -2.26. The molecule has 0 spiro atoms. The van der Waals surface area contributed by atoms with Gasteiger partial charge in [0.2, 0.25) is 5.88 Å². The van der Waals surface area contributed by atoms with Crippen LogP contribution in [0.1, 0.15) is 18.9 Å². The maximum absolute atomic E-state index is 6.23. The van der Waals surface area contributed by atoms with Crippen molar-refractivity contribution < 1.29 is 18.9 Å². The van der Waals surface area contributed by atoms with Crippen LogP contribution in [0.3, 0.4) is 0 Å². The first kappa shape index (κ1) is 24.6. The highest BCUT2D eigenvalue weighted by Gasteiger charge is 2.22. The Labute approximate surface area is 219 Å². The maximum Gasteiger partial charge on any atom is 0.248 e. The average molecular weight is 556 g/mol. The highest BCUT2D eigenvalue weighted by molar-refractivity contribution is 9.10. The Hall–Kier alpha value is -3.08. The zero-order valence-corrected chi connectivity index (χ0v) is 21.8. The largest absolute Gasteiger partial charge is 0.490 e. The molecular formula is C26H30BrN5O4. The first-order chi connectivity index (χ1) is 17.7. The molecule has 9 nitrogen and oxygen atoms in total. The fourth-order valence-electron chi connectivity index (χ4n) is 4.18. The minimum Gasteiger partial charge on any atom is -0.490 e. The number of rotatable bonds is 9. The van der Waals surface area contributed by atoms with Crippen LogP contribution in [-0.4, -0.2) is 60.9 Å². The molecule has 190 valence electrons. The Morgan fingerprint density at radius 3 is 2.81 bits per heavy atom. The first-order valence-corrected chi connectivity index (χ1v) is 13.0. The van der Waals surface area contributed by atoms with Crippen LogP contribution in [0, 0.1) is 0 Å². The standard InChI is InChI=1S/C26H30BrN5O4/c1-2-34-23-15-21-18(13-22(23)35-10-4-7-32-8-11-33-12-9-32)16-28-24-25(29-17-30-26(24)36-21)31-20-6-3-5-19(27)14-20/h3,5-6,13-15,17,28H,2,4,7-12,16H2,1H3,(H,29,30,31). The van der Waals surface area contributed by atoms with E-state index in [2.05, 4.69) is 41.4 Å². The summed E-state index contributed by atoms with van der Waals surface area (Å²) >= 11 is 3.51. The first-order valence-electron chi connectivity index (χ1n) is 12.2. The number of benzene rings is 2. The average Bonchev–Trinajstić information content (AvgIpc) is 3.07. The second kappa shape index (κ2) is 11.8. The number of hydrogen-bond acceptors (Lipinski definition) is 9. The topological polar surface area (TPSA) is 90.0 Å². The van der Waals surface area contributed by atoms with E-state index in [-0.39, 0.29) is 0 Å². The summed E-state index contributed by atoms with van der Waals surface area (Å²) in [6, 6.07) is 11.8. The van der Waals surface area contributed by atoms with Gasteiger partial charge in [-0.15, -0.1) is 0 Å². The summed E-state index contributed by atoms with van der Waals surface area (Å²) in [5.41, 5.74) is 2.55. The molecular weight excluding hydrogens is 526 g/mol. The molecule has 0 radical (unpaired) electrons. The van der Waals surface area contributed by atoms with E-state index in [9.17, 15) is 0 Å². The summed E-state index contributed by atoms with van der Waals surface area (Å²) in [6.45, 7) is 8.18. The predicted molar refractivity (Wildman–Crippen MR) is 142 cm³/mol. The molecule has 2 aromatic carbocycles. The summed E-state index contributed by atoms with van der Waals surface area (Å²) in [7, 11) is 0. The number of morpholine rings is 1. The molecule has 0 saturated carbocycles. The normalized spacial score (nSPS) is 15.1. The number of ether oxygens (including phenoxy) is 4. The van der Waals surface area contributed by atoms with Crippen molar-refractivity contribution in [2.24, 2.45) is 0 Å². The van der Waals surface area contributed by atoms with Crippen molar-refractivity contribution in [3.63, 3.8) is 0 Å². The lowest BCUT2D eigenvalue weighted by molar-refractivity contribution is 0.0357. The Bertz CT molecular complexity index is 1190. The minimum absolute atomic E-state index is 0.447. The van der Waals surface area contributed by atoms with Crippen LogP contribution < -0.4 is 24.8 Å². The van der Waals surface area contributed by atoms with Crippen LogP contribution in [0.4, 0.5) is 17.2 Å². The second-order valence-electron chi connectivity index (χ2n) is 8.49. The fraction of sp³-hybridized carbons (Fsp3) is 0.385. The van der Waals surface area contributed by atoms with Crippen LogP contribution in [0.2, 0.25) is 0 Å². The molecule has 0 bridgehead atoms. The third kappa shape index (κ3) is 6.00. The summed E-state index contributed by atoms with van der Waals surface area (Å²) in [5, 5.41) is 6.78. The van der Waals surface area contributed by atoms with E-state index in [1.165, 1.54) is 6.33 Å². The van der Waals surface area contributed by atoms with Crippen LogP contribution in [0.5, 0.6) is 23.1 Å². The minimum atomic E-state index is 0.447. The van der Waals surface area contributed by atoms with Gasteiger partial charge in [-0.3, -0.25) is 4.90 Å². The number of aromatic nitrogens is 2. The van der Waals surface area contributed by atoms with Crippen LogP contribution >= 0.6 is 15.9 Å². The predicted octanol–water partition coefficient (Wildman–Crippen LogP) is 5.20. The zero-order valence-electron chi connectivity index (χ0n) is 20.3. The molecule has 2 aliphatic heterocycles. The summed E-state index contributed by atoms with van der Waals surface area (Å²) in [5.74, 6) is 3.14. The van der Waals surface area contributed by atoms with Gasteiger partial charge in [-0.1, -0.05) is 22.0 Å². The van der Waals surface area contributed by atoms with Crippen molar-refractivity contribution in [2.45, 2.75) is 19.9 Å². The van der Waals surface area contributed by atoms with Crippen molar-refractivity contribution in [1.82, 2.24) is 14.9 Å². The molecule has 5 rings (SSSR count). The molecule has 0 unspecified atom stereocenters. The third-order valence-electron chi connectivity index (χ3n) is 5.97. The molecule has 3 heterocycles. The summed E-state index contributed by atoms with van der Waals surface area (Å²) in [6.07, 6.45) is 2.42. The molecule has 1 fully saturated rings. The van der Waals surface area contributed by atoms with E-state index < -0.39 is 0 Å². The molecule has 0 atom stereocenters. The summed E-state index contributed by atoms with van der Waals surface area (Å²) < 4.78 is 24.7. The van der Waals surface area contributed by atoms with E-state index in [0.717, 1.165) is 55.0 Å².